The number of nitro benzene ring substituents is 1. The highest BCUT2D eigenvalue weighted by Gasteiger charge is 2.13. The number of nitrogens with one attached hydrogen (secondary N) is 1. The lowest BCUT2D eigenvalue weighted by Crippen LogP contribution is -2.16. The van der Waals surface area contributed by atoms with E-state index in [2.05, 4.69) is 16.4 Å². The van der Waals surface area contributed by atoms with E-state index in [0.717, 1.165) is 15.5 Å². The summed E-state index contributed by atoms with van der Waals surface area (Å²) in [7, 11) is 0. The smallest absolute Gasteiger partial charge is 0.281 e. The largest absolute Gasteiger partial charge is 0.480 e. The highest BCUT2D eigenvalue weighted by molar-refractivity contribution is 7.20. The minimum atomic E-state index is -0.467. The number of non-ortho nitro benzene ring substituents is 1. The van der Waals surface area contributed by atoms with Gasteiger partial charge in [-0.15, -0.1) is 17.8 Å². The Morgan fingerprint density at radius 1 is 1.19 bits per heavy atom. The van der Waals surface area contributed by atoms with Crippen LogP contribution in [0.1, 0.15) is 15.2 Å². The van der Waals surface area contributed by atoms with Crippen LogP contribution in [0.15, 0.2) is 65.8 Å². The van der Waals surface area contributed by atoms with E-state index in [1.807, 2.05) is 36.4 Å². The number of hydrazone groups is 1. The molecule has 7 nitrogen and oxygen atoms in total. The van der Waals surface area contributed by atoms with Crippen molar-refractivity contribution in [3.63, 3.8) is 0 Å². The molecule has 152 valence electrons. The van der Waals surface area contributed by atoms with Crippen molar-refractivity contribution in [2.24, 2.45) is 5.10 Å². The summed E-state index contributed by atoms with van der Waals surface area (Å²) in [4.78, 5) is 23.4. The number of carbonyl (C=O) groups excluding carboxylic acids is 1. The van der Waals surface area contributed by atoms with Gasteiger partial charge in [-0.2, -0.15) is 5.10 Å². The van der Waals surface area contributed by atoms with E-state index < -0.39 is 10.8 Å². The monoisotopic (exact) mass is 429 g/mol. The van der Waals surface area contributed by atoms with Gasteiger partial charge < -0.3 is 4.74 Å². The molecular formula is C23H15N3O4S. The molecule has 0 spiro atoms. The molecule has 3 aromatic carbocycles. The Morgan fingerprint density at radius 2 is 2.03 bits per heavy atom. The summed E-state index contributed by atoms with van der Waals surface area (Å²) in [6.07, 6.45) is 6.82. The lowest BCUT2D eigenvalue weighted by Gasteiger charge is -2.09. The first-order valence-electron chi connectivity index (χ1n) is 9.16. The third-order valence-corrected chi connectivity index (χ3v) is 5.65. The Labute approximate surface area is 181 Å². The number of hydrogen-bond acceptors (Lipinski definition) is 6. The molecule has 1 heterocycles. The first-order chi connectivity index (χ1) is 15.1. The van der Waals surface area contributed by atoms with Gasteiger partial charge in [0.1, 0.15) is 12.4 Å². The van der Waals surface area contributed by atoms with Crippen molar-refractivity contribution < 1.29 is 14.5 Å². The second-order valence-electron chi connectivity index (χ2n) is 6.48. The van der Waals surface area contributed by atoms with E-state index in [0.29, 0.717) is 21.6 Å². The lowest BCUT2D eigenvalue weighted by atomic mass is 10.0. The van der Waals surface area contributed by atoms with Crippen molar-refractivity contribution in [2.45, 2.75) is 0 Å². The summed E-state index contributed by atoms with van der Waals surface area (Å²) in [6.45, 7) is 0.111. The van der Waals surface area contributed by atoms with Crippen LogP contribution in [-0.2, 0) is 0 Å². The molecule has 1 aromatic heterocycles. The van der Waals surface area contributed by atoms with Gasteiger partial charge in [0, 0.05) is 27.8 Å². The molecule has 1 N–H and O–H groups in total. The molecule has 0 radical (unpaired) electrons. The molecular weight excluding hydrogens is 414 g/mol. The fourth-order valence-electron chi connectivity index (χ4n) is 3.12. The van der Waals surface area contributed by atoms with E-state index in [9.17, 15) is 14.9 Å². The normalized spacial score (nSPS) is 10.9. The number of benzene rings is 3. The standard InChI is InChI=1S/C23H15N3O4S/c1-2-11-30-20-9-7-15-5-3-4-6-18(15)19(20)14-24-25-23(27)22-13-16-12-17(26(28)29)8-10-21(16)31-22/h1,3-10,12-14H,11H2,(H,25,27). The van der Waals surface area contributed by atoms with E-state index in [-0.39, 0.29) is 12.3 Å². The quantitative estimate of drug-likeness (QED) is 0.207. The fraction of sp³-hybridized carbons (Fsp3) is 0.0435. The van der Waals surface area contributed by atoms with Crippen LogP contribution in [-0.4, -0.2) is 23.7 Å². The van der Waals surface area contributed by atoms with Gasteiger partial charge in [0.05, 0.1) is 16.0 Å². The predicted octanol–water partition coefficient (Wildman–Crippen LogP) is 4.74. The van der Waals surface area contributed by atoms with Crippen LogP contribution in [0.2, 0.25) is 0 Å². The summed E-state index contributed by atoms with van der Waals surface area (Å²) in [5.41, 5.74) is 3.18. The summed E-state index contributed by atoms with van der Waals surface area (Å²) in [6, 6.07) is 17.6. The maximum atomic E-state index is 12.5. The number of ether oxygens (including phenoxy) is 1. The molecule has 0 saturated carbocycles. The van der Waals surface area contributed by atoms with Crippen LogP contribution in [0.25, 0.3) is 20.9 Å². The first kappa shape index (κ1) is 20.1. The number of nitrogens with zero attached hydrogens (tertiary/aromatic N) is 2. The average molecular weight is 429 g/mol. The number of nitro groups is 1. The molecule has 0 atom stereocenters. The number of amides is 1. The van der Waals surface area contributed by atoms with E-state index >= 15 is 0 Å². The summed E-state index contributed by atoms with van der Waals surface area (Å²) < 4.78 is 6.39. The summed E-state index contributed by atoms with van der Waals surface area (Å²) in [5.74, 6) is 2.58. The highest BCUT2D eigenvalue weighted by atomic mass is 32.1. The summed E-state index contributed by atoms with van der Waals surface area (Å²) >= 11 is 1.23. The van der Waals surface area contributed by atoms with Gasteiger partial charge in [-0.3, -0.25) is 14.9 Å². The molecule has 0 saturated heterocycles. The van der Waals surface area contributed by atoms with Crippen molar-refractivity contribution >= 4 is 50.0 Å². The molecule has 4 rings (SSSR count). The van der Waals surface area contributed by atoms with Gasteiger partial charge in [0.2, 0.25) is 0 Å². The van der Waals surface area contributed by atoms with Crippen LogP contribution in [0.4, 0.5) is 5.69 Å². The molecule has 0 aliphatic carbocycles. The maximum Gasteiger partial charge on any atom is 0.281 e. The lowest BCUT2D eigenvalue weighted by molar-refractivity contribution is -0.384. The van der Waals surface area contributed by atoms with Crippen LogP contribution in [0, 0.1) is 22.5 Å². The Balaban J connectivity index is 1.59. The Bertz CT molecular complexity index is 1380. The molecule has 31 heavy (non-hydrogen) atoms. The van der Waals surface area contributed by atoms with Crippen LogP contribution in [0.5, 0.6) is 5.75 Å². The number of carbonyl (C=O) groups is 1. The van der Waals surface area contributed by atoms with Gasteiger partial charge in [-0.05, 0) is 29.0 Å². The molecule has 0 aliphatic rings. The number of terminal acetylenes is 1. The molecule has 4 aromatic rings. The van der Waals surface area contributed by atoms with Crippen molar-refractivity contribution in [3.8, 4) is 18.1 Å². The van der Waals surface area contributed by atoms with Crippen molar-refractivity contribution in [2.75, 3.05) is 6.61 Å². The van der Waals surface area contributed by atoms with Crippen molar-refractivity contribution in [3.05, 3.63) is 81.2 Å². The number of rotatable bonds is 6. The fourth-order valence-corrected chi connectivity index (χ4v) is 4.05. The average Bonchev–Trinajstić information content (AvgIpc) is 3.21. The minimum absolute atomic E-state index is 0.0225. The molecule has 0 fully saturated rings. The second-order valence-corrected chi connectivity index (χ2v) is 7.56. The Hall–Kier alpha value is -4.22. The van der Waals surface area contributed by atoms with Gasteiger partial charge in [-0.25, -0.2) is 5.43 Å². The van der Waals surface area contributed by atoms with E-state index in [4.69, 9.17) is 11.2 Å². The van der Waals surface area contributed by atoms with Crippen LogP contribution in [0.3, 0.4) is 0 Å². The zero-order valence-electron chi connectivity index (χ0n) is 16.1. The van der Waals surface area contributed by atoms with Gasteiger partial charge >= 0.3 is 0 Å². The van der Waals surface area contributed by atoms with Crippen molar-refractivity contribution in [1.29, 1.82) is 0 Å². The molecule has 0 bridgehead atoms. The topological polar surface area (TPSA) is 93.8 Å². The predicted molar refractivity (Wildman–Crippen MR) is 122 cm³/mol. The van der Waals surface area contributed by atoms with Crippen LogP contribution >= 0.6 is 11.3 Å². The highest BCUT2D eigenvalue weighted by Crippen LogP contribution is 2.29. The summed E-state index contributed by atoms with van der Waals surface area (Å²) in [5, 5.41) is 17.6. The zero-order valence-corrected chi connectivity index (χ0v) is 16.9. The maximum absolute atomic E-state index is 12.5. The molecule has 8 heteroatoms. The molecule has 1 amide bonds. The van der Waals surface area contributed by atoms with E-state index in [1.54, 1.807) is 12.1 Å². The Morgan fingerprint density at radius 3 is 2.84 bits per heavy atom. The Kier molecular flexibility index (Phi) is 5.60. The zero-order chi connectivity index (χ0) is 21.8. The number of fused-ring (bicyclic) bond motifs is 2. The van der Waals surface area contributed by atoms with Crippen LogP contribution < -0.4 is 10.2 Å². The molecule has 0 unspecified atom stereocenters. The van der Waals surface area contributed by atoms with Gasteiger partial charge in [-0.1, -0.05) is 36.3 Å². The number of hydrogen-bond donors (Lipinski definition) is 1. The first-order valence-corrected chi connectivity index (χ1v) is 9.98. The second kappa shape index (κ2) is 8.65. The number of thiophene rings is 1. The van der Waals surface area contributed by atoms with Gasteiger partial charge in [0.15, 0.2) is 0 Å². The van der Waals surface area contributed by atoms with E-state index in [1.165, 1.54) is 29.7 Å². The minimum Gasteiger partial charge on any atom is -0.480 e. The third-order valence-electron chi connectivity index (χ3n) is 4.54. The van der Waals surface area contributed by atoms with Crippen molar-refractivity contribution in [1.82, 2.24) is 5.43 Å². The van der Waals surface area contributed by atoms with Gasteiger partial charge in [0.25, 0.3) is 11.6 Å². The SMILES string of the molecule is C#CCOc1ccc2ccccc2c1C=NNC(=O)c1cc2cc([N+](=O)[O-])ccc2s1. The molecule has 0 aliphatic heterocycles. The third kappa shape index (κ3) is 4.22.